The molecule has 0 aliphatic rings. The van der Waals surface area contributed by atoms with E-state index >= 15 is 0 Å². The summed E-state index contributed by atoms with van der Waals surface area (Å²) in [6.07, 6.45) is 3.56. The highest BCUT2D eigenvalue weighted by Crippen LogP contribution is 2.13. The quantitative estimate of drug-likeness (QED) is 0.519. The summed E-state index contributed by atoms with van der Waals surface area (Å²) in [5.41, 5.74) is 1.47. The molecule has 0 bridgehead atoms. The predicted molar refractivity (Wildman–Crippen MR) is 74.8 cm³/mol. The van der Waals surface area contributed by atoms with E-state index in [1.807, 2.05) is 10.8 Å². The summed E-state index contributed by atoms with van der Waals surface area (Å²) in [5, 5.41) is 2.67. The summed E-state index contributed by atoms with van der Waals surface area (Å²) in [4.78, 5) is 10.6. The van der Waals surface area contributed by atoms with Crippen molar-refractivity contribution in [1.29, 1.82) is 0 Å². The molecule has 0 atom stereocenters. The van der Waals surface area contributed by atoms with Crippen molar-refractivity contribution < 1.29 is 38.6 Å². The van der Waals surface area contributed by atoms with Crippen molar-refractivity contribution in [3.8, 4) is 0 Å². The Morgan fingerprint density at radius 2 is 1.86 bits per heavy atom. The molecule has 0 aliphatic heterocycles. The molecule has 22 heavy (non-hydrogen) atoms. The van der Waals surface area contributed by atoms with Crippen LogP contribution in [0.2, 0.25) is 0 Å². The molecule has 0 radical (unpaired) electrons. The average Bonchev–Trinajstić information content (AvgIpc) is 2.38. The van der Waals surface area contributed by atoms with Crippen LogP contribution in [0.25, 0.3) is 0 Å². The van der Waals surface area contributed by atoms with Crippen LogP contribution >= 0.6 is 0 Å². The summed E-state index contributed by atoms with van der Waals surface area (Å²) < 4.78 is 36.1. The lowest BCUT2D eigenvalue weighted by Crippen LogP contribution is -3.00. The minimum Gasteiger partial charge on any atom is -1.00 e. The molecule has 2 aromatic rings. The Hall–Kier alpha value is -1.80. The summed E-state index contributed by atoms with van der Waals surface area (Å²) in [7, 11) is -4.67. The van der Waals surface area contributed by atoms with E-state index in [2.05, 4.69) is 5.32 Å². The SMILES string of the molecule is CC(=O)Nc1ccc[n+](Cc2ccc(S(=O)(=O)F)cc2)c1.[Br-]. The van der Waals surface area contributed by atoms with E-state index in [0.717, 1.165) is 5.56 Å². The van der Waals surface area contributed by atoms with Gasteiger partial charge in [0, 0.05) is 18.6 Å². The molecule has 0 aliphatic carbocycles. The van der Waals surface area contributed by atoms with Crippen molar-refractivity contribution in [1.82, 2.24) is 0 Å². The van der Waals surface area contributed by atoms with Crippen LogP contribution in [0.1, 0.15) is 12.5 Å². The fourth-order valence-electron chi connectivity index (χ4n) is 1.87. The Kier molecular flexibility index (Phi) is 6.19. The maximum absolute atomic E-state index is 12.8. The van der Waals surface area contributed by atoms with Crippen LogP contribution in [0.15, 0.2) is 53.7 Å². The topological polar surface area (TPSA) is 67.1 Å². The molecule has 1 N–H and O–H groups in total. The number of pyridine rings is 1. The highest BCUT2D eigenvalue weighted by atomic mass is 79.9. The molecule has 5 nitrogen and oxygen atoms in total. The molecule has 2 rings (SSSR count). The number of nitrogens with one attached hydrogen (secondary N) is 1. The van der Waals surface area contributed by atoms with Gasteiger partial charge in [-0.05, 0) is 18.2 Å². The van der Waals surface area contributed by atoms with Gasteiger partial charge in [-0.15, -0.1) is 3.89 Å². The lowest BCUT2D eigenvalue weighted by Gasteiger charge is -2.02. The van der Waals surface area contributed by atoms with E-state index in [4.69, 9.17) is 0 Å². The number of aromatic nitrogens is 1. The molecule has 1 heterocycles. The maximum atomic E-state index is 12.8. The Morgan fingerprint density at radius 1 is 1.23 bits per heavy atom. The minimum atomic E-state index is -4.67. The van der Waals surface area contributed by atoms with Crippen LogP contribution in [0.5, 0.6) is 0 Å². The molecule has 0 unspecified atom stereocenters. The summed E-state index contributed by atoms with van der Waals surface area (Å²) >= 11 is 0. The third kappa shape index (κ3) is 5.19. The standard InChI is InChI=1S/C14H13FN2O3S.BrH/c1-11(18)16-13-3-2-8-17(10-13)9-12-4-6-14(7-5-12)21(15,19)20;/h2-8,10H,9H2,1H3;1H. The third-order valence-corrected chi connectivity index (χ3v) is 3.58. The van der Waals surface area contributed by atoms with Gasteiger partial charge in [0.05, 0.1) is 4.90 Å². The second kappa shape index (κ2) is 7.46. The second-order valence-corrected chi connectivity index (χ2v) is 5.88. The number of hydrogen-bond donors (Lipinski definition) is 1. The van der Waals surface area contributed by atoms with Gasteiger partial charge >= 0.3 is 10.2 Å². The largest absolute Gasteiger partial charge is 1.00 e. The van der Waals surface area contributed by atoms with Crippen molar-refractivity contribution in [2.45, 2.75) is 18.4 Å². The summed E-state index contributed by atoms with van der Waals surface area (Å²) in [6.45, 7) is 1.90. The molecule has 8 heteroatoms. The fourth-order valence-corrected chi connectivity index (χ4v) is 2.33. The second-order valence-electron chi connectivity index (χ2n) is 4.53. The van der Waals surface area contributed by atoms with Gasteiger partial charge in [-0.25, -0.2) is 0 Å². The van der Waals surface area contributed by atoms with Crippen LogP contribution in [-0.4, -0.2) is 14.3 Å². The van der Waals surface area contributed by atoms with E-state index in [1.165, 1.54) is 19.1 Å². The number of rotatable bonds is 4. The molecule has 0 spiro atoms. The smallest absolute Gasteiger partial charge is 0.332 e. The number of carbonyl (C=O) groups is 1. The van der Waals surface area contributed by atoms with Crippen LogP contribution in [0, 0.1) is 0 Å². The zero-order chi connectivity index (χ0) is 15.5. The number of carbonyl (C=O) groups excluding carboxylic acids is 1. The molecular formula is C14H14BrFN2O3S. The van der Waals surface area contributed by atoms with E-state index in [1.54, 1.807) is 30.5 Å². The highest BCUT2D eigenvalue weighted by Gasteiger charge is 2.12. The molecular weight excluding hydrogens is 375 g/mol. The zero-order valence-corrected chi connectivity index (χ0v) is 14.1. The first-order chi connectivity index (χ1) is 9.84. The Labute approximate surface area is 138 Å². The lowest BCUT2D eigenvalue weighted by molar-refractivity contribution is -0.687. The molecule has 0 fully saturated rings. The maximum Gasteiger partial charge on any atom is 0.332 e. The number of amides is 1. The molecule has 1 aromatic heterocycles. The number of halogens is 2. The first-order valence-corrected chi connectivity index (χ1v) is 7.53. The Bertz CT molecular complexity index is 764. The van der Waals surface area contributed by atoms with Crippen molar-refractivity contribution in [2.24, 2.45) is 0 Å². The van der Waals surface area contributed by atoms with Gasteiger partial charge in [0.15, 0.2) is 18.9 Å². The van der Waals surface area contributed by atoms with Crippen molar-refractivity contribution in [2.75, 3.05) is 5.32 Å². The van der Waals surface area contributed by atoms with Crippen molar-refractivity contribution in [3.63, 3.8) is 0 Å². The minimum absolute atomic E-state index is 0. The molecule has 0 saturated heterocycles. The van der Waals surface area contributed by atoms with Crippen LogP contribution < -0.4 is 26.9 Å². The van der Waals surface area contributed by atoms with Gasteiger partial charge < -0.3 is 22.3 Å². The van der Waals surface area contributed by atoms with Crippen molar-refractivity contribution in [3.05, 3.63) is 54.4 Å². The first kappa shape index (κ1) is 18.2. The van der Waals surface area contributed by atoms with Crippen LogP contribution in [0.3, 0.4) is 0 Å². The van der Waals surface area contributed by atoms with Crippen LogP contribution in [-0.2, 0) is 21.6 Å². The fraction of sp³-hybridized carbons (Fsp3) is 0.143. The summed E-state index contributed by atoms with van der Waals surface area (Å²) in [6, 6.07) is 9.09. The number of hydrogen-bond acceptors (Lipinski definition) is 3. The van der Waals surface area contributed by atoms with Gasteiger partial charge in [0.25, 0.3) is 0 Å². The zero-order valence-electron chi connectivity index (χ0n) is 11.7. The van der Waals surface area contributed by atoms with E-state index in [0.29, 0.717) is 12.2 Å². The van der Waals surface area contributed by atoms with E-state index < -0.39 is 10.2 Å². The lowest BCUT2D eigenvalue weighted by atomic mass is 10.2. The number of anilines is 1. The predicted octanol–water partition coefficient (Wildman–Crippen LogP) is -1.36. The highest BCUT2D eigenvalue weighted by molar-refractivity contribution is 7.86. The molecule has 1 aromatic carbocycles. The van der Waals surface area contributed by atoms with Gasteiger partial charge in [0.1, 0.15) is 5.69 Å². The van der Waals surface area contributed by atoms with Gasteiger partial charge in [-0.3, -0.25) is 4.79 Å². The first-order valence-electron chi connectivity index (χ1n) is 6.15. The van der Waals surface area contributed by atoms with Crippen LogP contribution in [0.4, 0.5) is 9.57 Å². The molecule has 118 valence electrons. The van der Waals surface area contributed by atoms with Gasteiger partial charge in [0.2, 0.25) is 5.91 Å². The average molecular weight is 389 g/mol. The summed E-state index contributed by atoms with van der Waals surface area (Å²) in [5.74, 6) is -0.162. The Balaban J connectivity index is 0.00000242. The van der Waals surface area contributed by atoms with Gasteiger partial charge in [-0.1, -0.05) is 12.1 Å². The Morgan fingerprint density at radius 3 is 2.41 bits per heavy atom. The van der Waals surface area contributed by atoms with E-state index in [-0.39, 0.29) is 27.8 Å². The number of nitrogens with zero attached hydrogens (tertiary/aromatic N) is 1. The monoisotopic (exact) mass is 388 g/mol. The van der Waals surface area contributed by atoms with Crippen molar-refractivity contribution >= 4 is 21.8 Å². The molecule has 1 amide bonds. The normalized spacial score (nSPS) is 10.6. The number of benzene rings is 1. The van der Waals surface area contributed by atoms with E-state index in [9.17, 15) is 17.1 Å². The van der Waals surface area contributed by atoms with Gasteiger partial charge in [-0.2, -0.15) is 13.0 Å². The molecule has 0 saturated carbocycles. The third-order valence-electron chi connectivity index (χ3n) is 2.75.